The molecular formula is C15H31N. The first-order valence-electron chi connectivity index (χ1n) is 7.16. The Kier molecular flexibility index (Phi) is 11.0. The number of rotatable bonds is 10. The predicted octanol–water partition coefficient (Wildman–Crippen LogP) is 4.67. The zero-order valence-corrected chi connectivity index (χ0v) is 11.6. The normalized spacial score (nSPS) is 12.4. The highest BCUT2D eigenvalue weighted by Gasteiger charge is 2.07. The summed E-state index contributed by atoms with van der Waals surface area (Å²) in [7, 11) is 0. The lowest BCUT2D eigenvalue weighted by Crippen LogP contribution is -2.06. The molecule has 0 aromatic carbocycles. The monoisotopic (exact) mass is 225 g/mol. The highest BCUT2D eigenvalue weighted by molar-refractivity contribution is 5.03. The molecular weight excluding hydrogens is 194 g/mol. The van der Waals surface area contributed by atoms with E-state index >= 15 is 0 Å². The number of hydrogen-bond acceptors (Lipinski definition) is 1. The Bertz CT molecular complexity index is 166. The lowest BCUT2D eigenvalue weighted by Gasteiger charge is -2.15. The molecule has 0 aliphatic carbocycles. The Morgan fingerprint density at radius 3 is 2.06 bits per heavy atom. The van der Waals surface area contributed by atoms with Gasteiger partial charge in [0.15, 0.2) is 0 Å². The molecule has 0 heterocycles. The molecule has 1 nitrogen and oxygen atoms in total. The van der Waals surface area contributed by atoms with Crippen molar-refractivity contribution in [1.82, 2.24) is 0 Å². The Morgan fingerprint density at radius 2 is 1.62 bits per heavy atom. The third-order valence-corrected chi connectivity index (χ3v) is 3.25. The fraction of sp³-hybridized carbons (Fsp3) is 0.867. The minimum atomic E-state index is 0.755. The van der Waals surface area contributed by atoms with Crippen LogP contribution >= 0.6 is 0 Å². The average Bonchev–Trinajstić information content (AvgIpc) is 2.30. The molecule has 0 spiro atoms. The maximum Gasteiger partial charge on any atom is 0.0136 e. The minimum absolute atomic E-state index is 0.755. The third kappa shape index (κ3) is 7.92. The summed E-state index contributed by atoms with van der Waals surface area (Å²) < 4.78 is 0. The fourth-order valence-corrected chi connectivity index (χ4v) is 2.27. The van der Waals surface area contributed by atoms with Gasteiger partial charge >= 0.3 is 0 Å². The molecule has 0 radical (unpaired) electrons. The van der Waals surface area contributed by atoms with Crippen molar-refractivity contribution in [2.75, 3.05) is 6.54 Å². The summed E-state index contributed by atoms with van der Waals surface area (Å²) in [5.41, 5.74) is 7.25. The summed E-state index contributed by atoms with van der Waals surface area (Å²) in [6, 6.07) is 0. The van der Waals surface area contributed by atoms with E-state index in [-0.39, 0.29) is 0 Å². The molecule has 0 rings (SSSR count). The van der Waals surface area contributed by atoms with Crippen molar-refractivity contribution < 1.29 is 0 Å². The van der Waals surface area contributed by atoms with Crippen molar-refractivity contribution in [3.8, 4) is 0 Å². The van der Waals surface area contributed by atoms with Crippen LogP contribution in [0.5, 0.6) is 0 Å². The first-order chi connectivity index (χ1) is 7.78. The smallest absolute Gasteiger partial charge is 0.0136 e. The second kappa shape index (κ2) is 11.2. The topological polar surface area (TPSA) is 26.0 Å². The van der Waals surface area contributed by atoms with Crippen LogP contribution in [0.4, 0.5) is 0 Å². The fourth-order valence-electron chi connectivity index (χ4n) is 2.27. The van der Waals surface area contributed by atoms with E-state index < -0.39 is 0 Å². The second-order valence-electron chi connectivity index (χ2n) is 4.84. The molecule has 0 amide bonds. The Labute approximate surface area is 102 Å². The van der Waals surface area contributed by atoms with Crippen LogP contribution in [0.2, 0.25) is 0 Å². The summed E-state index contributed by atoms with van der Waals surface area (Å²) >= 11 is 0. The van der Waals surface area contributed by atoms with E-state index in [0.717, 1.165) is 12.5 Å². The highest BCUT2D eigenvalue weighted by Crippen LogP contribution is 2.21. The molecule has 0 aliphatic heterocycles. The lowest BCUT2D eigenvalue weighted by atomic mass is 9.91. The van der Waals surface area contributed by atoms with E-state index in [1.165, 1.54) is 56.9 Å². The number of unbranched alkanes of at least 4 members (excludes halogenated alkanes) is 1. The van der Waals surface area contributed by atoms with Gasteiger partial charge in [0.25, 0.3) is 0 Å². The molecule has 0 atom stereocenters. The van der Waals surface area contributed by atoms with Crippen LogP contribution in [0.15, 0.2) is 11.6 Å². The van der Waals surface area contributed by atoms with Gasteiger partial charge in [0.05, 0.1) is 0 Å². The first kappa shape index (κ1) is 15.7. The molecule has 0 aromatic heterocycles. The van der Waals surface area contributed by atoms with Crippen LogP contribution in [-0.2, 0) is 0 Å². The van der Waals surface area contributed by atoms with Crippen LogP contribution in [0.3, 0.4) is 0 Å². The van der Waals surface area contributed by atoms with E-state index in [2.05, 4.69) is 26.8 Å². The van der Waals surface area contributed by atoms with Crippen molar-refractivity contribution in [3.63, 3.8) is 0 Å². The average molecular weight is 225 g/mol. The SMILES string of the molecule is CCC/C=C(\CN)CCC(CCC)CCC. The summed E-state index contributed by atoms with van der Waals surface area (Å²) in [5.74, 6) is 0.923. The summed E-state index contributed by atoms with van der Waals surface area (Å²) in [6.45, 7) is 7.56. The van der Waals surface area contributed by atoms with Gasteiger partial charge in [-0.15, -0.1) is 0 Å². The summed E-state index contributed by atoms with van der Waals surface area (Å²) in [6.07, 6.45) is 12.8. The van der Waals surface area contributed by atoms with Crippen LogP contribution in [0.1, 0.15) is 72.1 Å². The van der Waals surface area contributed by atoms with Crippen LogP contribution < -0.4 is 5.73 Å². The zero-order chi connectivity index (χ0) is 12.2. The van der Waals surface area contributed by atoms with E-state index in [1.54, 1.807) is 0 Å². The largest absolute Gasteiger partial charge is 0.327 e. The molecule has 0 saturated carbocycles. The molecule has 0 bridgehead atoms. The zero-order valence-electron chi connectivity index (χ0n) is 11.6. The van der Waals surface area contributed by atoms with Crippen molar-refractivity contribution in [2.45, 2.75) is 72.1 Å². The maximum absolute atomic E-state index is 5.78. The summed E-state index contributed by atoms with van der Waals surface area (Å²) in [4.78, 5) is 0. The van der Waals surface area contributed by atoms with Gasteiger partial charge in [0.2, 0.25) is 0 Å². The molecule has 0 fully saturated rings. The highest BCUT2D eigenvalue weighted by atomic mass is 14.5. The third-order valence-electron chi connectivity index (χ3n) is 3.25. The number of hydrogen-bond donors (Lipinski definition) is 1. The van der Waals surface area contributed by atoms with Crippen LogP contribution in [-0.4, -0.2) is 6.54 Å². The van der Waals surface area contributed by atoms with Gasteiger partial charge in [-0.05, 0) is 25.2 Å². The molecule has 0 saturated heterocycles. The van der Waals surface area contributed by atoms with Crippen molar-refractivity contribution in [1.29, 1.82) is 0 Å². The van der Waals surface area contributed by atoms with Crippen molar-refractivity contribution in [3.05, 3.63) is 11.6 Å². The molecule has 0 aliphatic rings. The lowest BCUT2D eigenvalue weighted by molar-refractivity contribution is 0.410. The van der Waals surface area contributed by atoms with E-state index in [1.807, 2.05) is 0 Å². The van der Waals surface area contributed by atoms with Gasteiger partial charge in [0, 0.05) is 6.54 Å². The van der Waals surface area contributed by atoms with Crippen LogP contribution in [0, 0.1) is 5.92 Å². The van der Waals surface area contributed by atoms with E-state index in [0.29, 0.717) is 0 Å². The molecule has 2 N–H and O–H groups in total. The first-order valence-corrected chi connectivity index (χ1v) is 7.16. The Morgan fingerprint density at radius 1 is 1.00 bits per heavy atom. The van der Waals surface area contributed by atoms with Crippen molar-refractivity contribution in [2.24, 2.45) is 11.7 Å². The van der Waals surface area contributed by atoms with Gasteiger partial charge < -0.3 is 5.73 Å². The molecule has 96 valence electrons. The van der Waals surface area contributed by atoms with Crippen LogP contribution in [0.25, 0.3) is 0 Å². The molecule has 0 aromatic rings. The predicted molar refractivity (Wildman–Crippen MR) is 74.6 cm³/mol. The molecule has 0 unspecified atom stereocenters. The van der Waals surface area contributed by atoms with Crippen molar-refractivity contribution >= 4 is 0 Å². The standard InChI is InChI=1S/C15H31N/c1-4-7-10-15(13-16)12-11-14(8-5-2)9-6-3/h10,14H,4-9,11-13,16H2,1-3H3/b15-10-. The van der Waals surface area contributed by atoms with E-state index in [4.69, 9.17) is 5.73 Å². The maximum atomic E-state index is 5.78. The number of allylic oxidation sites excluding steroid dienone is 1. The second-order valence-corrected chi connectivity index (χ2v) is 4.84. The molecule has 1 heteroatoms. The minimum Gasteiger partial charge on any atom is -0.327 e. The van der Waals surface area contributed by atoms with Gasteiger partial charge in [-0.1, -0.05) is 64.5 Å². The van der Waals surface area contributed by atoms with Gasteiger partial charge in [-0.3, -0.25) is 0 Å². The quantitative estimate of drug-likeness (QED) is 0.537. The summed E-state index contributed by atoms with van der Waals surface area (Å²) in [5, 5.41) is 0. The van der Waals surface area contributed by atoms with Gasteiger partial charge in [0.1, 0.15) is 0 Å². The molecule has 16 heavy (non-hydrogen) atoms. The van der Waals surface area contributed by atoms with Gasteiger partial charge in [-0.2, -0.15) is 0 Å². The van der Waals surface area contributed by atoms with Gasteiger partial charge in [-0.25, -0.2) is 0 Å². The number of nitrogens with two attached hydrogens (primary N) is 1. The Hall–Kier alpha value is -0.300. The van der Waals surface area contributed by atoms with E-state index in [9.17, 15) is 0 Å². The Balaban J connectivity index is 3.94.